The molecular weight excluding hydrogens is 410 g/mol. The van der Waals surface area contributed by atoms with Crippen LogP contribution in [0.5, 0.6) is 0 Å². The summed E-state index contributed by atoms with van der Waals surface area (Å²) in [6, 6.07) is 3.17. The second kappa shape index (κ2) is 8.69. The first kappa shape index (κ1) is 17.5. The Balaban J connectivity index is 2.76. The van der Waals surface area contributed by atoms with Gasteiger partial charge in [-0.05, 0) is 40.2 Å². The SMILES string of the molecule is CCCCSCC(=O)Nc1c(Br)cc(Br)cc1C(=O)O. The van der Waals surface area contributed by atoms with Gasteiger partial charge in [-0.3, -0.25) is 4.79 Å². The Kier molecular flexibility index (Phi) is 7.61. The molecule has 0 fully saturated rings. The van der Waals surface area contributed by atoms with E-state index >= 15 is 0 Å². The van der Waals surface area contributed by atoms with E-state index < -0.39 is 5.97 Å². The highest BCUT2D eigenvalue weighted by molar-refractivity contribution is 9.11. The summed E-state index contributed by atoms with van der Waals surface area (Å²) in [4.78, 5) is 23.0. The summed E-state index contributed by atoms with van der Waals surface area (Å²) < 4.78 is 1.17. The molecule has 1 amide bonds. The lowest BCUT2D eigenvalue weighted by Crippen LogP contribution is -2.17. The van der Waals surface area contributed by atoms with Crippen LogP contribution in [0.25, 0.3) is 0 Å². The zero-order valence-corrected chi connectivity index (χ0v) is 14.9. The number of carboxylic acid groups (broad SMARTS) is 1. The Hall–Kier alpha value is -0.530. The fraction of sp³-hybridized carbons (Fsp3) is 0.385. The number of thioether (sulfide) groups is 1. The third-order valence-corrected chi connectivity index (χ3v) is 4.55. The van der Waals surface area contributed by atoms with Crippen molar-refractivity contribution in [3.63, 3.8) is 0 Å². The molecule has 0 aliphatic heterocycles. The molecule has 1 rings (SSSR count). The number of hydrogen-bond donors (Lipinski definition) is 2. The number of hydrogen-bond acceptors (Lipinski definition) is 3. The predicted molar refractivity (Wildman–Crippen MR) is 89.7 cm³/mol. The van der Waals surface area contributed by atoms with Gasteiger partial charge in [0.15, 0.2) is 0 Å². The van der Waals surface area contributed by atoms with Gasteiger partial charge in [-0.25, -0.2) is 4.79 Å². The van der Waals surface area contributed by atoms with Gasteiger partial charge < -0.3 is 10.4 Å². The molecule has 2 N–H and O–H groups in total. The highest BCUT2D eigenvalue weighted by Gasteiger charge is 2.16. The molecule has 0 heterocycles. The molecule has 0 aliphatic rings. The number of aromatic carboxylic acids is 1. The Morgan fingerprint density at radius 1 is 1.35 bits per heavy atom. The van der Waals surface area contributed by atoms with Gasteiger partial charge in [0, 0.05) is 8.95 Å². The summed E-state index contributed by atoms with van der Waals surface area (Å²) in [5.74, 6) is -0.0312. The highest BCUT2D eigenvalue weighted by atomic mass is 79.9. The van der Waals surface area contributed by atoms with Crippen molar-refractivity contribution < 1.29 is 14.7 Å². The second-order valence-electron chi connectivity index (χ2n) is 4.07. The van der Waals surface area contributed by atoms with E-state index in [1.165, 1.54) is 6.07 Å². The van der Waals surface area contributed by atoms with Gasteiger partial charge in [-0.15, -0.1) is 0 Å². The minimum Gasteiger partial charge on any atom is -0.478 e. The van der Waals surface area contributed by atoms with Gasteiger partial charge in [-0.1, -0.05) is 29.3 Å². The largest absolute Gasteiger partial charge is 0.478 e. The maximum Gasteiger partial charge on any atom is 0.337 e. The molecule has 7 heteroatoms. The van der Waals surface area contributed by atoms with Crippen LogP contribution in [0.15, 0.2) is 21.1 Å². The third-order valence-electron chi connectivity index (χ3n) is 2.43. The molecule has 1 aromatic rings. The van der Waals surface area contributed by atoms with Crippen LogP contribution >= 0.6 is 43.6 Å². The average Bonchev–Trinajstić information content (AvgIpc) is 2.37. The lowest BCUT2D eigenvalue weighted by atomic mass is 10.2. The topological polar surface area (TPSA) is 66.4 Å². The van der Waals surface area contributed by atoms with Gasteiger partial charge in [0.05, 0.1) is 17.0 Å². The number of carbonyl (C=O) groups excluding carboxylic acids is 1. The maximum atomic E-state index is 11.8. The first-order valence-electron chi connectivity index (χ1n) is 6.05. The van der Waals surface area contributed by atoms with E-state index in [1.54, 1.807) is 17.8 Å². The highest BCUT2D eigenvalue weighted by Crippen LogP contribution is 2.31. The molecule has 0 saturated carbocycles. The number of unbranched alkanes of at least 4 members (excludes halogenated alkanes) is 1. The molecule has 20 heavy (non-hydrogen) atoms. The lowest BCUT2D eigenvalue weighted by molar-refractivity contribution is -0.113. The van der Waals surface area contributed by atoms with Gasteiger partial charge in [0.2, 0.25) is 5.91 Å². The second-order valence-corrected chi connectivity index (χ2v) is 6.94. The monoisotopic (exact) mass is 423 g/mol. The van der Waals surface area contributed by atoms with Crippen LogP contribution in [-0.4, -0.2) is 28.5 Å². The maximum absolute atomic E-state index is 11.8. The first-order chi connectivity index (χ1) is 9.45. The molecule has 1 aromatic carbocycles. The van der Waals surface area contributed by atoms with Crippen molar-refractivity contribution in [3.05, 3.63) is 26.6 Å². The molecule has 4 nitrogen and oxygen atoms in total. The third kappa shape index (κ3) is 5.46. The quantitative estimate of drug-likeness (QED) is 0.637. The van der Waals surface area contributed by atoms with Crippen LogP contribution in [0.3, 0.4) is 0 Å². The van der Waals surface area contributed by atoms with Gasteiger partial charge in [-0.2, -0.15) is 11.8 Å². The summed E-state index contributed by atoms with van der Waals surface area (Å²) in [5.41, 5.74) is 0.347. The minimum atomic E-state index is -1.08. The average molecular weight is 425 g/mol. The van der Waals surface area contributed by atoms with E-state index in [4.69, 9.17) is 0 Å². The standard InChI is InChI=1S/C13H15Br2NO3S/c1-2-3-4-20-7-11(17)16-12-9(13(18)19)5-8(14)6-10(12)15/h5-6H,2-4,7H2,1H3,(H,16,17)(H,18,19). The van der Waals surface area contributed by atoms with Gasteiger partial charge >= 0.3 is 5.97 Å². The number of nitrogens with one attached hydrogen (secondary N) is 1. The molecule has 0 unspecified atom stereocenters. The van der Waals surface area contributed by atoms with E-state index in [0.717, 1.165) is 18.6 Å². The minimum absolute atomic E-state index is 0.0539. The number of anilines is 1. The smallest absolute Gasteiger partial charge is 0.337 e. The Labute approximate surface area is 139 Å². The van der Waals surface area contributed by atoms with Crippen molar-refractivity contribution in [1.82, 2.24) is 0 Å². The Bertz CT molecular complexity index is 509. The van der Waals surface area contributed by atoms with Crippen LogP contribution in [0.2, 0.25) is 0 Å². The van der Waals surface area contributed by atoms with Gasteiger partial charge in [0.25, 0.3) is 0 Å². The van der Waals surface area contributed by atoms with Crippen LogP contribution in [0, 0.1) is 0 Å². The van der Waals surface area contributed by atoms with E-state index in [0.29, 0.717) is 20.4 Å². The fourth-order valence-corrected chi connectivity index (χ4v) is 3.68. The van der Waals surface area contributed by atoms with Crippen molar-refractivity contribution in [2.45, 2.75) is 19.8 Å². The van der Waals surface area contributed by atoms with Crippen LogP contribution < -0.4 is 5.32 Å². The normalized spacial score (nSPS) is 10.3. The van der Waals surface area contributed by atoms with Crippen molar-refractivity contribution >= 4 is 61.2 Å². The number of carbonyl (C=O) groups is 2. The molecular formula is C13H15Br2NO3S. The molecule has 110 valence electrons. The number of rotatable bonds is 7. The molecule has 0 aliphatic carbocycles. The van der Waals surface area contributed by atoms with Crippen molar-refractivity contribution in [2.75, 3.05) is 16.8 Å². The summed E-state index contributed by atoms with van der Waals surface area (Å²) in [5, 5.41) is 11.8. The van der Waals surface area contributed by atoms with E-state index in [2.05, 4.69) is 44.1 Å². The van der Waals surface area contributed by atoms with Crippen LogP contribution in [0.1, 0.15) is 30.1 Å². The fourth-order valence-electron chi connectivity index (χ4n) is 1.46. The zero-order chi connectivity index (χ0) is 15.1. The lowest BCUT2D eigenvalue weighted by Gasteiger charge is -2.11. The number of carboxylic acids is 1. The van der Waals surface area contributed by atoms with E-state index in [9.17, 15) is 14.7 Å². The van der Waals surface area contributed by atoms with E-state index in [-0.39, 0.29) is 11.5 Å². The summed E-state index contributed by atoms with van der Waals surface area (Å²) in [7, 11) is 0. The number of halogens is 2. The number of amides is 1. The van der Waals surface area contributed by atoms with E-state index in [1.807, 2.05) is 0 Å². The summed E-state index contributed by atoms with van der Waals surface area (Å²) in [6.07, 6.45) is 2.16. The Morgan fingerprint density at radius 2 is 2.05 bits per heavy atom. The summed E-state index contributed by atoms with van der Waals surface area (Å²) >= 11 is 8.05. The Morgan fingerprint density at radius 3 is 2.65 bits per heavy atom. The van der Waals surface area contributed by atoms with Crippen LogP contribution in [0.4, 0.5) is 5.69 Å². The van der Waals surface area contributed by atoms with Crippen molar-refractivity contribution in [2.24, 2.45) is 0 Å². The van der Waals surface area contributed by atoms with Crippen molar-refractivity contribution in [3.8, 4) is 0 Å². The first-order valence-corrected chi connectivity index (χ1v) is 8.79. The van der Waals surface area contributed by atoms with Gasteiger partial charge in [0.1, 0.15) is 0 Å². The van der Waals surface area contributed by atoms with Crippen molar-refractivity contribution in [1.29, 1.82) is 0 Å². The zero-order valence-electron chi connectivity index (χ0n) is 10.9. The molecule has 0 radical (unpaired) electrons. The molecule has 0 bridgehead atoms. The molecule has 0 atom stereocenters. The predicted octanol–water partition coefficient (Wildman–Crippen LogP) is 4.38. The molecule has 0 aromatic heterocycles. The number of benzene rings is 1. The molecule has 0 saturated heterocycles. The van der Waals surface area contributed by atoms with Crippen LogP contribution in [-0.2, 0) is 4.79 Å². The summed E-state index contributed by atoms with van der Waals surface area (Å²) in [6.45, 7) is 2.10. The molecule has 0 spiro atoms.